The summed E-state index contributed by atoms with van der Waals surface area (Å²) in [6.07, 6.45) is -5.61. The van der Waals surface area contributed by atoms with Crippen LogP contribution in [0, 0.1) is 0 Å². The number of hydrogen-bond acceptors (Lipinski definition) is 5. The van der Waals surface area contributed by atoms with Gasteiger partial charge in [-0.2, -0.15) is 13.2 Å². The number of rotatable bonds is 6. The molecule has 2 aromatic carbocycles. The Kier molecular flexibility index (Phi) is 7.31. The van der Waals surface area contributed by atoms with E-state index in [2.05, 4.69) is 0 Å². The fourth-order valence-electron chi connectivity index (χ4n) is 3.96. The van der Waals surface area contributed by atoms with E-state index in [0.717, 1.165) is 12.1 Å². The van der Waals surface area contributed by atoms with Crippen molar-refractivity contribution in [2.24, 2.45) is 0 Å². The molecule has 6 nitrogen and oxygen atoms in total. The number of benzene rings is 2. The summed E-state index contributed by atoms with van der Waals surface area (Å²) in [7, 11) is 5.18. The number of carbonyl (C=O) groups is 2. The van der Waals surface area contributed by atoms with Gasteiger partial charge in [0, 0.05) is 31.6 Å². The molecule has 3 rings (SSSR count). The van der Waals surface area contributed by atoms with Crippen LogP contribution in [0.5, 0.6) is 5.75 Å². The van der Waals surface area contributed by atoms with Crippen LogP contribution in [-0.2, 0) is 26.9 Å². The van der Waals surface area contributed by atoms with Crippen molar-refractivity contribution in [3.63, 3.8) is 0 Å². The van der Waals surface area contributed by atoms with Crippen LogP contribution >= 0.6 is 0 Å². The molecule has 0 radical (unpaired) electrons. The number of nitrogens with zero attached hydrogens (tertiary/aromatic N) is 2. The van der Waals surface area contributed by atoms with Crippen LogP contribution in [0.2, 0.25) is 0 Å². The Morgan fingerprint density at radius 2 is 1.82 bits per heavy atom. The number of anilines is 1. The molecule has 9 heteroatoms. The zero-order valence-corrected chi connectivity index (χ0v) is 19.0. The lowest BCUT2D eigenvalue weighted by atomic mass is 9.87. The Morgan fingerprint density at radius 3 is 2.36 bits per heavy atom. The number of hydrogen-bond donors (Lipinski definition) is 0. The number of methoxy groups -OCH3 is 1. The van der Waals surface area contributed by atoms with Crippen LogP contribution in [-0.4, -0.2) is 57.2 Å². The Labute approximate surface area is 190 Å². The fourth-order valence-corrected chi connectivity index (χ4v) is 3.96. The molecule has 0 aromatic heterocycles. The molecule has 0 saturated carbocycles. The maximum atomic E-state index is 13.6. The van der Waals surface area contributed by atoms with Gasteiger partial charge in [-0.25, -0.2) is 0 Å². The molecule has 0 N–H and O–H groups in total. The molecular formula is C24H27F3N2O4. The summed E-state index contributed by atoms with van der Waals surface area (Å²) < 4.78 is 51.1. The zero-order valence-electron chi connectivity index (χ0n) is 19.0. The molecule has 1 aliphatic rings. The van der Waals surface area contributed by atoms with Gasteiger partial charge in [0.05, 0.1) is 12.7 Å². The Bertz CT molecular complexity index is 1010. The molecule has 2 atom stereocenters. The summed E-state index contributed by atoms with van der Waals surface area (Å²) in [5.74, 6) is -1.18. The van der Waals surface area contributed by atoms with Gasteiger partial charge in [-0.3, -0.25) is 9.59 Å². The van der Waals surface area contributed by atoms with Gasteiger partial charge in [-0.05, 0) is 62.0 Å². The number of amides is 1. The second-order valence-corrected chi connectivity index (χ2v) is 8.25. The van der Waals surface area contributed by atoms with E-state index in [1.165, 1.54) is 25.0 Å². The van der Waals surface area contributed by atoms with Gasteiger partial charge in [0.2, 0.25) is 0 Å². The first kappa shape index (κ1) is 24.6. The third-order valence-electron chi connectivity index (χ3n) is 5.62. The highest BCUT2D eigenvalue weighted by atomic mass is 19.4. The molecule has 1 aliphatic heterocycles. The van der Waals surface area contributed by atoms with Gasteiger partial charge in [0.25, 0.3) is 5.91 Å². The van der Waals surface area contributed by atoms with E-state index in [1.54, 1.807) is 24.3 Å². The summed E-state index contributed by atoms with van der Waals surface area (Å²) in [6.45, 7) is 1.92. The van der Waals surface area contributed by atoms with E-state index in [1.807, 2.05) is 19.0 Å². The minimum Gasteiger partial charge on any atom is -0.497 e. The number of halogens is 3. The van der Waals surface area contributed by atoms with Gasteiger partial charge < -0.3 is 19.3 Å². The van der Waals surface area contributed by atoms with Crippen LogP contribution < -0.4 is 9.64 Å². The zero-order chi connectivity index (χ0) is 24.3. The maximum Gasteiger partial charge on any atom is 0.416 e. The lowest BCUT2D eigenvalue weighted by Gasteiger charge is -2.29. The lowest BCUT2D eigenvalue weighted by molar-refractivity contribution is -0.154. The van der Waals surface area contributed by atoms with E-state index in [-0.39, 0.29) is 13.0 Å². The predicted molar refractivity (Wildman–Crippen MR) is 117 cm³/mol. The SMILES string of the molecule is COc1ccc([C@H]2Cc3cc(C(F)(F)F)ccc3N(CCN(C)C)C(=O)[C@H]2OC(C)=O)cc1. The standard InChI is InChI=1S/C24H27F3N2O4/c1-15(30)33-22-20(16-5-8-19(32-4)9-6-16)14-17-13-18(24(25,26)27)7-10-21(17)29(23(22)31)12-11-28(2)3/h5-10,13,20,22H,11-12,14H2,1-4H3/t20-,22+/m1/s1. The van der Waals surface area contributed by atoms with Crippen molar-refractivity contribution in [1.29, 1.82) is 0 Å². The van der Waals surface area contributed by atoms with Gasteiger partial charge in [-0.1, -0.05) is 12.1 Å². The van der Waals surface area contributed by atoms with Crippen molar-refractivity contribution in [2.75, 3.05) is 39.2 Å². The average molecular weight is 464 g/mol. The van der Waals surface area contributed by atoms with Crippen molar-refractivity contribution in [2.45, 2.75) is 31.5 Å². The van der Waals surface area contributed by atoms with Crippen molar-refractivity contribution in [3.05, 3.63) is 59.2 Å². The number of fused-ring (bicyclic) bond motifs is 1. The number of carbonyl (C=O) groups excluding carboxylic acids is 2. The van der Waals surface area contributed by atoms with E-state index < -0.39 is 35.6 Å². The number of alkyl halides is 3. The van der Waals surface area contributed by atoms with Crippen molar-refractivity contribution < 1.29 is 32.2 Å². The Balaban J connectivity index is 2.15. The van der Waals surface area contributed by atoms with Gasteiger partial charge >= 0.3 is 12.1 Å². The fraction of sp³-hybridized carbons (Fsp3) is 0.417. The summed E-state index contributed by atoms with van der Waals surface area (Å²) >= 11 is 0. The smallest absolute Gasteiger partial charge is 0.416 e. The van der Waals surface area contributed by atoms with Crippen LogP contribution in [0.25, 0.3) is 0 Å². The summed E-state index contributed by atoms with van der Waals surface area (Å²) in [5.41, 5.74) is 0.629. The van der Waals surface area contributed by atoms with E-state index >= 15 is 0 Å². The molecule has 1 amide bonds. The number of ether oxygens (including phenoxy) is 2. The highest BCUT2D eigenvalue weighted by molar-refractivity contribution is 5.99. The summed E-state index contributed by atoms with van der Waals surface area (Å²) in [6, 6.07) is 10.2. The number of likely N-dealkylation sites (N-methyl/N-ethyl adjacent to an activating group) is 1. The molecule has 2 aromatic rings. The highest BCUT2D eigenvalue weighted by Gasteiger charge is 2.41. The molecule has 0 unspecified atom stereocenters. The largest absolute Gasteiger partial charge is 0.497 e. The van der Waals surface area contributed by atoms with Crippen molar-refractivity contribution >= 4 is 17.6 Å². The second kappa shape index (κ2) is 9.82. The van der Waals surface area contributed by atoms with Crippen LogP contribution in [0.3, 0.4) is 0 Å². The molecule has 0 fully saturated rings. The topological polar surface area (TPSA) is 59.1 Å². The first-order chi connectivity index (χ1) is 15.5. The number of esters is 1. The monoisotopic (exact) mass is 464 g/mol. The third kappa shape index (κ3) is 5.65. The minimum absolute atomic E-state index is 0.0910. The van der Waals surface area contributed by atoms with Gasteiger partial charge in [0.1, 0.15) is 5.75 Å². The molecule has 0 spiro atoms. The summed E-state index contributed by atoms with van der Waals surface area (Å²) in [5, 5.41) is 0. The Morgan fingerprint density at radius 1 is 1.15 bits per heavy atom. The predicted octanol–water partition coefficient (Wildman–Crippen LogP) is 3.88. The Hall–Kier alpha value is -3.07. The molecule has 0 aliphatic carbocycles. The lowest BCUT2D eigenvalue weighted by Crippen LogP contribution is -2.45. The van der Waals surface area contributed by atoms with Crippen LogP contribution in [0.4, 0.5) is 18.9 Å². The van der Waals surface area contributed by atoms with Crippen molar-refractivity contribution in [3.8, 4) is 5.75 Å². The molecule has 178 valence electrons. The molecule has 1 heterocycles. The second-order valence-electron chi connectivity index (χ2n) is 8.25. The minimum atomic E-state index is -4.52. The highest BCUT2D eigenvalue weighted by Crippen LogP contribution is 2.40. The molecule has 0 bridgehead atoms. The first-order valence-corrected chi connectivity index (χ1v) is 10.5. The van der Waals surface area contributed by atoms with Crippen molar-refractivity contribution in [1.82, 2.24) is 4.90 Å². The first-order valence-electron chi connectivity index (χ1n) is 10.5. The van der Waals surface area contributed by atoms with E-state index in [0.29, 0.717) is 29.1 Å². The normalized spacial score (nSPS) is 18.7. The molecule has 33 heavy (non-hydrogen) atoms. The quantitative estimate of drug-likeness (QED) is 0.608. The molecule has 0 saturated heterocycles. The third-order valence-corrected chi connectivity index (χ3v) is 5.62. The maximum absolute atomic E-state index is 13.6. The summed E-state index contributed by atoms with van der Waals surface area (Å²) in [4.78, 5) is 28.8. The van der Waals surface area contributed by atoms with Crippen LogP contribution in [0.1, 0.15) is 29.5 Å². The van der Waals surface area contributed by atoms with E-state index in [9.17, 15) is 22.8 Å². The van der Waals surface area contributed by atoms with Gasteiger partial charge in [-0.15, -0.1) is 0 Å². The molecular weight excluding hydrogens is 437 g/mol. The van der Waals surface area contributed by atoms with E-state index in [4.69, 9.17) is 9.47 Å². The average Bonchev–Trinajstić information content (AvgIpc) is 2.86. The van der Waals surface area contributed by atoms with Crippen LogP contribution in [0.15, 0.2) is 42.5 Å². The van der Waals surface area contributed by atoms with Gasteiger partial charge in [0.15, 0.2) is 6.10 Å².